The third-order valence-corrected chi connectivity index (χ3v) is 3.04. The van der Waals surface area contributed by atoms with Crippen molar-refractivity contribution in [1.29, 1.82) is 0 Å². The molecule has 0 saturated carbocycles. The second-order valence-corrected chi connectivity index (χ2v) is 5.68. The molecule has 2 heteroatoms. The largest absolute Gasteiger partial charge is 0.330 e. The number of hydrogen-bond donors (Lipinski definition) is 1. The molecule has 92 valence electrons. The first-order valence-electron chi connectivity index (χ1n) is 6.32. The van der Waals surface area contributed by atoms with Crippen molar-refractivity contribution >= 4 is 0 Å². The summed E-state index contributed by atoms with van der Waals surface area (Å²) in [6.07, 6.45) is 0. The topological polar surface area (TPSA) is 29.3 Å². The maximum absolute atomic E-state index is 5.83. The van der Waals surface area contributed by atoms with Crippen molar-refractivity contribution < 1.29 is 0 Å². The molecule has 0 radical (unpaired) electrons. The molecule has 0 aliphatic carbocycles. The number of nitrogens with zero attached hydrogens (tertiary/aromatic N) is 1. The van der Waals surface area contributed by atoms with Crippen LogP contribution in [0.4, 0.5) is 0 Å². The zero-order valence-corrected chi connectivity index (χ0v) is 11.5. The van der Waals surface area contributed by atoms with Crippen molar-refractivity contribution in [3.8, 4) is 0 Å². The predicted octanol–water partition coefficient (Wildman–Crippen LogP) is 2.58. The van der Waals surface area contributed by atoms with Crippen LogP contribution in [-0.4, -0.2) is 30.6 Å². The monoisotopic (exact) mass is 214 g/mol. The van der Waals surface area contributed by atoms with Crippen LogP contribution in [0.25, 0.3) is 0 Å². The Morgan fingerprint density at radius 3 is 1.73 bits per heavy atom. The molecule has 0 spiro atoms. The minimum atomic E-state index is 0.625. The summed E-state index contributed by atoms with van der Waals surface area (Å²) in [5.74, 6) is 2.05. The van der Waals surface area contributed by atoms with Crippen LogP contribution in [0.2, 0.25) is 0 Å². The van der Waals surface area contributed by atoms with E-state index >= 15 is 0 Å². The van der Waals surface area contributed by atoms with E-state index in [2.05, 4.69) is 46.4 Å². The van der Waals surface area contributed by atoms with Crippen LogP contribution in [0.5, 0.6) is 0 Å². The highest BCUT2D eigenvalue weighted by atomic mass is 15.1. The second-order valence-electron chi connectivity index (χ2n) is 5.68. The number of hydrogen-bond acceptors (Lipinski definition) is 2. The lowest BCUT2D eigenvalue weighted by Crippen LogP contribution is -2.41. The van der Waals surface area contributed by atoms with E-state index in [0.29, 0.717) is 17.9 Å². The molecule has 0 aromatic rings. The molecule has 0 heterocycles. The fourth-order valence-electron chi connectivity index (χ4n) is 1.82. The Morgan fingerprint density at radius 2 is 1.47 bits per heavy atom. The molecule has 0 aliphatic rings. The molecule has 1 unspecified atom stereocenters. The fourth-order valence-corrected chi connectivity index (χ4v) is 1.82. The second kappa shape index (κ2) is 7.24. The minimum absolute atomic E-state index is 0.625. The van der Waals surface area contributed by atoms with Gasteiger partial charge >= 0.3 is 0 Å². The summed E-state index contributed by atoms with van der Waals surface area (Å²) >= 11 is 0. The summed E-state index contributed by atoms with van der Waals surface area (Å²) in [7, 11) is 0. The zero-order valence-electron chi connectivity index (χ0n) is 11.5. The quantitative estimate of drug-likeness (QED) is 0.706. The van der Waals surface area contributed by atoms with Gasteiger partial charge in [0, 0.05) is 19.1 Å². The van der Waals surface area contributed by atoms with Crippen molar-refractivity contribution in [2.75, 3.05) is 19.6 Å². The number of nitrogens with two attached hydrogens (primary N) is 1. The molecule has 2 N–H and O–H groups in total. The third-order valence-electron chi connectivity index (χ3n) is 3.04. The van der Waals surface area contributed by atoms with Gasteiger partial charge in [-0.2, -0.15) is 0 Å². The van der Waals surface area contributed by atoms with E-state index in [-0.39, 0.29) is 0 Å². The standard InChI is InChI=1S/C13H30N2/c1-10(2)8-15(12(5)6)9-13(7-14)11(3)4/h10-13H,7-9,14H2,1-6H3. The lowest BCUT2D eigenvalue weighted by Gasteiger charge is -2.33. The molecule has 0 rings (SSSR count). The maximum Gasteiger partial charge on any atom is 0.00388 e. The van der Waals surface area contributed by atoms with E-state index in [0.717, 1.165) is 19.0 Å². The molecule has 0 saturated heterocycles. The Labute approximate surface area is 96.2 Å². The molecular weight excluding hydrogens is 184 g/mol. The van der Waals surface area contributed by atoms with E-state index in [1.165, 1.54) is 6.54 Å². The summed E-state index contributed by atoms with van der Waals surface area (Å²) < 4.78 is 0. The van der Waals surface area contributed by atoms with Crippen molar-refractivity contribution in [1.82, 2.24) is 4.90 Å². The Balaban J connectivity index is 4.25. The highest BCUT2D eigenvalue weighted by Gasteiger charge is 2.18. The highest BCUT2D eigenvalue weighted by Crippen LogP contribution is 2.14. The van der Waals surface area contributed by atoms with E-state index in [9.17, 15) is 0 Å². The summed E-state index contributed by atoms with van der Waals surface area (Å²) in [5.41, 5.74) is 5.83. The average Bonchev–Trinajstić information content (AvgIpc) is 2.10. The van der Waals surface area contributed by atoms with E-state index in [1.807, 2.05) is 0 Å². The lowest BCUT2D eigenvalue weighted by molar-refractivity contribution is 0.151. The Kier molecular flexibility index (Phi) is 7.20. The van der Waals surface area contributed by atoms with Gasteiger partial charge in [0.1, 0.15) is 0 Å². The Morgan fingerprint density at radius 1 is 0.933 bits per heavy atom. The normalized spacial score (nSPS) is 14.6. The van der Waals surface area contributed by atoms with Crippen molar-refractivity contribution in [2.45, 2.75) is 47.6 Å². The molecule has 15 heavy (non-hydrogen) atoms. The molecular formula is C13H30N2. The molecule has 2 nitrogen and oxygen atoms in total. The van der Waals surface area contributed by atoms with Crippen LogP contribution in [0.3, 0.4) is 0 Å². The van der Waals surface area contributed by atoms with Gasteiger partial charge in [0.05, 0.1) is 0 Å². The van der Waals surface area contributed by atoms with Gasteiger partial charge in [-0.05, 0) is 38.1 Å². The smallest absolute Gasteiger partial charge is 0.00388 e. The van der Waals surface area contributed by atoms with Crippen molar-refractivity contribution in [2.24, 2.45) is 23.5 Å². The van der Waals surface area contributed by atoms with E-state index < -0.39 is 0 Å². The van der Waals surface area contributed by atoms with Crippen molar-refractivity contribution in [3.05, 3.63) is 0 Å². The van der Waals surface area contributed by atoms with Crippen LogP contribution in [-0.2, 0) is 0 Å². The van der Waals surface area contributed by atoms with Crippen LogP contribution in [0.1, 0.15) is 41.5 Å². The van der Waals surface area contributed by atoms with Gasteiger partial charge in [0.15, 0.2) is 0 Å². The van der Waals surface area contributed by atoms with Gasteiger partial charge in [-0.25, -0.2) is 0 Å². The van der Waals surface area contributed by atoms with Crippen LogP contribution in [0, 0.1) is 17.8 Å². The Bertz CT molecular complexity index is 153. The summed E-state index contributed by atoms with van der Waals surface area (Å²) in [6, 6.07) is 0.625. The van der Waals surface area contributed by atoms with Crippen molar-refractivity contribution in [3.63, 3.8) is 0 Å². The van der Waals surface area contributed by atoms with E-state index in [4.69, 9.17) is 5.73 Å². The van der Waals surface area contributed by atoms with Crippen LogP contribution in [0.15, 0.2) is 0 Å². The van der Waals surface area contributed by atoms with Crippen LogP contribution >= 0.6 is 0 Å². The van der Waals surface area contributed by atoms with Crippen LogP contribution < -0.4 is 5.73 Å². The third kappa shape index (κ3) is 6.16. The van der Waals surface area contributed by atoms with Gasteiger partial charge in [-0.15, -0.1) is 0 Å². The fraction of sp³-hybridized carbons (Fsp3) is 1.00. The predicted molar refractivity (Wildman–Crippen MR) is 68.9 cm³/mol. The zero-order chi connectivity index (χ0) is 12.0. The lowest BCUT2D eigenvalue weighted by atomic mass is 9.94. The molecule has 1 atom stereocenters. The van der Waals surface area contributed by atoms with Gasteiger partial charge in [-0.1, -0.05) is 27.7 Å². The first-order valence-corrected chi connectivity index (χ1v) is 6.32. The average molecular weight is 214 g/mol. The molecule has 0 aromatic carbocycles. The van der Waals surface area contributed by atoms with E-state index in [1.54, 1.807) is 0 Å². The summed E-state index contributed by atoms with van der Waals surface area (Å²) in [6.45, 7) is 16.8. The van der Waals surface area contributed by atoms with Gasteiger partial charge in [0.25, 0.3) is 0 Å². The van der Waals surface area contributed by atoms with Gasteiger partial charge < -0.3 is 10.6 Å². The maximum atomic E-state index is 5.83. The first-order chi connectivity index (χ1) is 6.88. The van der Waals surface area contributed by atoms with Gasteiger partial charge in [0.2, 0.25) is 0 Å². The highest BCUT2D eigenvalue weighted by molar-refractivity contribution is 4.73. The first kappa shape index (κ1) is 14.9. The number of rotatable bonds is 7. The molecule has 0 aromatic heterocycles. The molecule has 0 fully saturated rings. The molecule has 0 bridgehead atoms. The molecule has 0 aliphatic heterocycles. The summed E-state index contributed by atoms with van der Waals surface area (Å²) in [4.78, 5) is 2.56. The minimum Gasteiger partial charge on any atom is -0.330 e. The Hall–Kier alpha value is -0.0800. The summed E-state index contributed by atoms with van der Waals surface area (Å²) in [5, 5.41) is 0. The van der Waals surface area contributed by atoms with Gasteiger partial charge in [-0.3, -0.25) is 0 Å². The molecule has 0 amide bonds. The SMILES string of the molecule is CC(C)CN(CC(CN)C(C)C)C(C)C.